The van der Waals surface area contributed by atoms with Gasteiger partial charge in [-0.2, -0.15) is 4.31 Å². The van der Waals surface area contributed by atoms with Gasteiger partial charge in [0, 0.05) is 18.8 Å². The highest BCUT2D eigenvalue weighted by atomic mass is 32.2. The Hall–Kier alpha value is -2.19. The fourth-order valence-corrected chi connectivity index (χ4v) is 4.38. The smallest absolute Gasteiger partial charge is 0.246 e. The second-order valence-electron chi connectivity index (χ2n) is 5.59. The molecular weight excluding hydrogens is 330 g/mol. The van der Waals surface area contributed by atoms with Gasteiger partial charge in [-0.25, -0.2) is 18.4 Å². The molecular formula is C16H19N3O4S. The molecule has 128 valence electrons. The molecule has 0 unspecified atom stereocenters. The van der Waals surface area contributed by atoms with Gasteiger partial charge in [0.15, 0.2) is 0 Å². The Labute approximate surface area is 141 Å². The molecule has 0 aliphatic carbocycles. The van der Waals surface area contributed by atoms with Crippen molar-refractivity contribution in [1.29, 1.82) is 0 Å². The van der Waals surface area contributed by atoms with Crippen LogP contribution in [0.5, 0.6) is 11.6 Å². The average molecular weight is 349 g/mol. The van der Waals surface area contributed by atoms with Crippen molar-refractivity contribution >= 4 is 10.0 Å². The molecule has 1 fully saturated rings. The van der Waals surface area contributed by atoms with Gasteiger partial charge in [-0.1, -0.05) is 6.07 Å². The lowest BCUT2D eigenvalue weighted by molar-refractivity contribution is 0.206. The molecule has 1 aliphatic rings. The maximum atomic E-state index is 12.9. The van der Waals surface area contributed by atoms with Gasteiger partial charge in [-0.15, -0.1) is 0 Å². The standard InChI is InChI=1S/C16H19N3O4S/c1-12-3-4-14(22-2)15(9-12)24(20,21)19-8-6-13(10-19)23-16-5-7-17-11-18-16/h3-5,7,9,11,13H,6,8,10H2,1-2H3/t13-/m0/s1. The van der Waals surface area contributed by atoms with Gasteiger partial charge in [0.05, 0.1) is 13.7 Å². The van der Waals surface area contributed by atoms with E-state index >= 15 is 0 Å². The molecule has 1 aliphatic heterocycles. The maximum absolute atomic E-state index is 12.9. The highest BCUT2D eigenvalue weighted by molar-refractivity contribution is 7.89. The number of sulfonamides is 1. The van der Waals surface area contributed by atoms with Crippen LogP contribution >= 0.6 is 0 Å². The van der Waals surface area contributed by atoms with Crippen LogP contribution in [-0.4, -0.2) is 49.0 Å². The van der Waals surface area contributed by atoms with Crippen molar-refractivity contribution in [3.8, 4) is 11.6 Å². The number of aryl methyl sites for hydroxylation is 1. The second kappa shape index (κ2) is 6.74. The van der Waals surface area contributed by atoms with E-state index < -0.39 is 10.0 Å². The van der Waals surface area contributed by atoms with Crippen LogP contribution in [0.2, 0.25) is 0 Å². The average Bonchev–Trinajstić information content (AvgIpc) is 3.05. The van der Waals surface area contributed by atoms with E-state index in [0.717, 1.165) is 5.56 Å². The third-order valence-electron chi connectivity index (χ3n) is 3.89. The molecule has 0 spiro atoms. The highest BCUT2D eigenvalue weighted by Gasteiger charge is 2.35. The topological polar surface area (TPSA) is 81.6 Å². The SMILES string of the molecule is COc1ccc(C)cc1S(=O)(=O)N1CC[C@H](Oc2ccncn2)C1. The van der Waals surface area contributed by atoms with E-state index in [1.54, 1.807) is 24.4 Å². The Morgan fingerprint density at radius 1 is 1.29 bits per heavy atom. The largest absolute Gasteiger partial charge is 0.495 e. The third-order valence-corrected chi connectivity index (χ3v) is 5.77. The summed E-state index contributed by atoms with van der Waals surface area (Å²) in [7, 11) is -2.17. The summed E-state index contributed by atoms with van der Waals surface area (Å²) in [5.41, 5.74) is 0.863. The summed E-state index contributed by atoms with van der Waals surface area (Å²) in [6, 6.07) is 6.78. The number of ether oxygens (including phenoxy) is 2. The molecule has 1 saturated heterocycles. The van der Waals surface area contributed by atoms with E-state index in [1.807, 2.05) is 13.0 Å². The van der Waals surface area contributed by atoms with Crippen LogP contribution in [0.3, 0.4) is 0 Å². The number of rotatable bonds is 5. The zero-order valence-electron chi connectivity index (χ0n) is 13.5. The Balaban J connectivity index is 1.78. The Bertz CT molecular complexity index is 811. The molecule has 8 heteroatoms. The number of methoxy groups -OCH3 is 1. The predicted molar refractivity (Wildman–Crippen MR) is 87.6 cm³/mol. The molecule has 1 aromatic heterocycles. The number of hydrogen-bond acceptors (Lipinski definition) is 6. The molecule has 2 aromatic rings. The monoisotopic (exact) mass is 349 g/mol. The van der Waals surface area contributed by atoms with E-state index in [9.17, 15) is 8.42 Å². The van der Waals surface area contributed by atoms with Gasteiger partial charge in [0.1, 0.15) is 23.1 Å². The van der Waals surface area contributed by atoms with Crippen LogP contribution in [0.1, 0.15) is 12.0 Å². The first-order valence-corrected chi connectivity index (χ1v) is 9.02. The van der Waals surface area contributed by atoms with Crippen molar-refractivity contribution < 1.29 is 17.9 Å². The quantitative estimate of drug-likeness (QED) is 0.816. The molecule has 0 radical (unpaired) electrons. The Morgan fingerprint density at radius 3 is 2.83 bits per heavy atom. The van der Waals surface area contributed by atoms with E-state index in [2.05, 4.69) is 9.97 Å². The first-order chi connectivity index (χ1) is 11.5. The van der Waals surface area contributed by atoms with Crippen LogP contribution in [-0.2, 0) is 10.0 Å². The molecule has 1 aromatic carbocycles. The van der Waals surface area contributed by atoms with E-state index in [0.29, 0.717) is 24.6 Å². The summed E-state index contributed by atoms with van der Waals surface area (Å²) in [6.07, 6.45) is 3.36. The maximum Gasteiger partial charge on any atom is 0.246 e. The van der Waals surface area contributed by atoms with Gasteiger partial charge in [0.2, 0.25) is 15.9 Å². The van der Waals surface area contributed by atoms with Crippen LogP contribution in [0.4, 0.5) is 0 Å². The fourth-order valence-electron chi connectivity index (χ4n) is 2.66. The summed E-state index contributed by atoms with van der Waals surface area (Å²) in [6.45, 7) is 2.53. The minimum Gasteiger partial charge on any atom is -0.495 e. The first kappa shape index (κ1) is 16.7. The minimum atomic E-state index is -3.63. The summed E-state index contributed by atoms with van der Waals surface area (Å²) in [5.74, 6) is 0.795. The molecule has 0 amide bonds. The lowest BCUT2D eigenvalue weighted by Gasteiger charge is -2.19. The number of benzene rings is 1. The van der Waals surface area contributed by atoms with Crippen LogP contribution < -0.4 is 9.47 Å². The number of nitrogens with zero attached hydrogens (tertiary/aromatic N) is 3. The van der Waals surface area contributed by atoms with Crippen LogP contribution in [0.25, 0.3) is 0 Å². The molecule has 0 N–H and O–H groups in total. The third kappa shape index (κ3) is 3.34. The first-order valence-electron chi connectivity index (χ1n) is 7.58. The normalized spacial score (nSPS) is 18.5. The zero-order chi connectivity index (χ0) is 17.2. The van der Waals surface area contributed by atoms with E-state index in [1.165, 1.54) is 17.7 Å². The summed E-state index contributed by atoms with van der Waals surface area (Å²) < 4.78 is 38.2. The zero-order valence-corrected chi connectivity index (χ0v) is 14.4. The van der Waals surface area contributed by atoms with Crippen molar-refractivity contribution in [2.75, 3.05) is 20.2 Å². The van der Waals surface area contributed by atoms with Crippen molar-refractivity contribution in [2.45, 2.75) is 24.3 Å². The van der Waals surface area contributed by atoms with Gasteiger partial charge >= 0.3 is 0 Å². The molecule has 3 rings (SSSR count). The molecule has 0 bridgehead atoms. The Morgan fingerprint density at radius 2 is 2.12 bits per heavy atom. The van der Waals surface area contributed by atoms with E-state index in [4.69, 9.17) is 9.47 Å². The molecule has 24 heavy (non-hydrogen) atoms. The lowest BCUT2D eigenvalue weighted by Crippen LogP contribution is -2.31. The summed E-state index contributed by atoms with van der Waals surface area (Å²) in [5, 5.41) is 0. The summed E-state index contributed by atoms with van der Waals surface area (Å²) >= 11 is 0. The Kier molecular flexibility index (Phi) is 4.68. The minimum absolute atomic E-state index is 0.188. The van der Waals surface area contributed by atoms with Crippen molar-refractivity contribution in [1.82, 2.24) is 14.3 Å². The molecule has 7 nitrogen and oxygen atoms in total. The summed E-state index contributed by atoms with van der Waals surface area (Å²) in [4.78, 5) is 8.02. The van der Waals surface area contributed by atoms with Gasteiger partial charge in [-0.3, -0.25) is 0 Å². The van der Waals surface area contributed by atoms with Gasteiger partial charge in [-0.05, 0) is 31.0 Å². The predicted octanol–water partition coefficient (Wildman–Crippen LogP) is 1.64. The van der Waals surface area contributed by atoms with Crippen LogP contribution in [0, 0.1) is 6.92 Å². The van der Waals surface area contributed by atoms with Crippen molar-refractivity contribution in [3.05, 3.63) is 42.4 Å². The van der Waals surface area contributed by atoms with Gasteiger partial charge < -0.3 is 9.47 Å². The number of aromatic nitrogens is 2. The van der Waals surface area contributed by atoms with Crippen molar-refractivity contribution in [3.63, 3.8) is 0 Å². The fraction of sp³-hybridized carbons (Fsp3) is 0.375. The highest BCUT2D eigenvalue weighted by Crippen LogP contribution is 2.30. The molecule has 2 heterocycles. The van der Waals surface area contributed by atoms with Crippen LogP contribution in [0.15, 0.2) is 41.7 Å². The molecule has 1 atom stereocenters. The van der Waals surface area contributed by atoms with E-state index in [-0.39, 0.29) is 17.5 Å². The lowest BCUT2D eigenvalue weighted by atomic mass is 10.2. The number of hydrogen-bond donors (Lipinski definition) is 0. The second-order valence-corrected chi connectivity index (χ2v) is 7.50. The van der Waals surface area contributed by atoms with Crippen molar-refractivity contribution in [2.24, 2.45) is 0 Å². The molecule has 0 saturated carbocycles. The van der Waals surface area contributed by atoms with Gasteiger partial charge in [0.25, 0.3) is 0 Å².